The lowest BCUT2D eigenvalue weighted by molar-refractivity contribution is 0.0955. The van der Waals surface area contributed by atoms with Crippen molar-refractivity contribution in [2.75, 3.05) is 7.11 Å². The van der Waals surface area contributed by atoms with Gasteiger partial charge in [0.25, 0.3) is 5.91 Å². The number of rotatable bonds is 4. The van der Waals surface area contributed by atoms with E-state index in [-0.39, 0.29) is 5.91 Å². The van der Waals surface area contributed by atoms with Crippen molar-refractivity contribution >= 4 is 23.2 Å². The first-order valence-electron chi connectivity index (χ1n) is 6.35. The molecular formula is C16H15ClN2O2. The molecule has 0 aliphatic rings. The van der Waals surface area contributed by atoms with Gasteiger partial charge in [0.15, 0.2) is 0 Å². The number of carbonyl (C=O) groups excluding carboxylic acids is 1. The van der Waals surface area contributed by atoms with Gasteiger partial charge in [-0.2, -0.15) is 5.10 Å². The second kappa shape index (κ2) is 6.90. The second-order valence-electron chi connectivity index (χ2n) is 4.37. The van der Waals surface area contributed by atoms with E-state index in [1.165, 1.54) is 0 Å². The molecule has 0 bridgehead atoms. The predicted molar refractivity (Wildman–Crippen MR) is 84.1 cm³/mol. The molecular weight excluding hydrogens is 288 g/mol. The van der Waals surface area contributed by atoms with E-state index in [0.29, 0.717) is 22.0 Å². The molecule has 0 heterocycles. The van der Waals surface area contributed by atoms with Crippen LogP contribution in [-0.2, 0) is 0 Å². The highest BCUT2D eigenvalue weighted by Gasteiger charge is 2.05. The molecule has 0 aliphatic heterocycles. The highest BCUT2D eigenvalue weighted by atomic mass is 35.5. The summed E-state index contributed by atoms with van der Waals surface area (Å²) in [6, 6.07) is 14.1. The van der Waals surface area contributed by atoms with Crippen molar-refractivity contribution in [2.24, 2.45) is 5.10 Å². The van der Waals surface area contributed by atoms with E-state index >= 15 is 0 Å². The van der Waals surface area contributed by atoms with Crippen molar-refractivity contribution in [1.82, 2.24) is 5.43 Å². The number of halogens is 1. The number of nitrogens with zero attached hydrogens (tertiary/aromatic N) is 1. The molecule has 4 nitrogen and oxygen atoms in total. The smallest absolute Gasteiger partial charge is 0.271 e. The lowest BCUT2D eigenvalue weighted by Crippen LogP contribution is -2.19. The third kappa shape index (κ3) is 4.07. The van der Waals surface area contributed by atoms with E-state index in [1.807, 2.05) is 19.1 Å². The topological polar surface area (TPSA) is 50.7 Å². The zero-order valence-electron chi connectivity index (χ0n) is 11.8. The van der Waals surface area contributed by atoms with Crippen LogP contribution in [0.4, 0.5) is 0 Å². The van der Waals surface area contributed by atoms with Crippen LogP contribution in [0.1, 0.15) is 22.8 Å². The van der Waals surface area contributed by atoms with E-state index < -0.39 is 0 Å². The largest absolute Gasteiger partial charge is 0.497 e. The van der Waals surface area contributed by atoms with Gasteiger partial charge in [0.1, 0.15) is 5.75 Å². The molecule has 1 N–H and O–H groups in total. The summed E-state index contributed by atoms with van der Waals surface area (Å²) in [7, 11) is 1.58. The van der Waals surface area contributed by atoms with Crippen LogP contribution < -0.4 is 10.2 Å². The van der Waals surface area contributed by atoms with Crippen LogP contribution in [-0.4, -0.2) is 18.7 Å². The van der Waals surface area contributed by atoms with Crippen LogP contribution in [0.25, 0.3) is 0 Å². The summed E-state index contributed by atoms with van der Waals surface area (Å²) in [5.41, 5.74) is 4.64. The molecule has 0 aromatic heterocycles. The fourth-order valence-corrected chi connectivity index (χ4v) is 1.82. The van der Waals surface area contributed by atoms with Gasteiger partial charge in [0.2, 0.25) is 0 Å². The van der Waals surface area contributed by atoms with Gasteiger partial charge in [0.05, 0.1) is 12.8 Å². The monoisotopic (exact) mass is 302 g/mol. The van der Waals surface area contributed by atoms with Crippen molar-refractivity contribution in [3.8, 4) is 5.75 Å². The van der Waals surface area contributed by atoms with E-state index in [0.717, 1.165) is 5.56 Å². The molecule has 21 heavy (non-hydrogen) atoms. The number of ether oxygens (including phenoxy) is 1. The molecule has 2 aromatic carbocycles. The summed E-state index contributed by atoms with van der Waals surface area (Å²) in [6.45, 7) is 1.82. The van der Waals surface area contributed by atoms with Crippen molar-refractivity contribution in [3.63, 3.8) is 0 Å². The molecule has 2 aromatic rings. The third-order valence-electron chi connectivity index (χ3n) is 2.94. The fourth-order valence-electron chi connectivity index (χ4n) is 1.70. The average molecular weight is 303 g/mol. The molecule has 0 atom stereocenters. The molecule has 5 heteroatoms. The van der Waals surface area contributed by atoms with Crippen LogP contribution in [0.3, 0.4) is 0 Å². The van der Waals surface area contributed by atoms with Gasteiger partial charge in [-0.3, -0.25) is 4.79 Å². The molecule has 0 fully saturated rings. The highest BCUT2D eigenvalue weighted by molar-refractivity contribution is 6.30. The van der Waals surface area contributed by atoms with Crippen molar-refractivity contribution in [3.05, 3.63) is 64.7 Å². The Bertz CT molecular complexity index is 649. The van der Waals surface area contributed by atoms with Gasteiger partial charge in [-0.15, -0.1) is 0 Å². The molecule has 0 saturated heterocycles. The first-order valence-corrected chi connectivity index (χ1v) is 6.72. The molecule has 0 radical (unpaired) electrons. The Labute approximate surface area is 128 Å². The first-order chi connectivity index (χ1) is 10.1. The molecule has 2 rings (SSSR count). The SMILES string of the molecule is COc1ccc(C(=O)N/N=C(/C)c2ccc(Cl)cc2)cc1. The average Bonchev–Trinajstić information content (AvgIpc) is 2.53. The number of nitrogens with one attached hydrogen (secondary N) is 1. The number of amides is 1. The van der Waals surface area contributed by atoms with Crippen molar-refractivity contribution in [1.29, 1.82) is 0 Å². The fraction of sp³-hybridized carbons (Fsp3) is 0.125. The number of hydrogen-bond acceptors (Lipinski definition) is 3. The molecule has 0 unspecified atom stereocenters. The number of benzene rings is 2. The van der Waals surface area contributed by atoms with Gasteiger partial charge in [-0.05, 0) is 48.9 Å². The van der Waals surface area contributed by atoms with Crippen LogP contribution in [0.2, 0.25) is 5.02 Å². The standard InChI is InChI=1S/C16H15ClN2O2/c1-11(12-3-7-14(17)8-4-12)18-19-16(20)13-5-9-15(21-2)10-6-13/h3-10H,1-2H3,(H,19,20)/b18-11-. The number of hydrazone groups is 1. The molecule has 108 valence electrons. The lowest BCUT2D eigenvalue weighted by Gasteiger charge is -2.04. The van der Waals surface area contributed by atoms with Gasteiger partial charge in [-0.25, -0.2) is 5.43 Å². The maximum atomic E-state index is 12.0. The van der Waals surface area contributed by atoms with Crippen molar-refractivity contribution in [2.45, 2.75) is 6.92 Å². The minimum absolute atomic E-state index is 0.272. The molecule has 0 spiro atoms. The molecule has 0 aliphatic carbocycles. The van der Waals surface area contributed by atoms with Gasteiger partial charge < -0.3 is 4.74 Å². The van der Waals surface area contributed by atoms with Gasteiger partial charge >= 0.3 is 0 Å². The maximum Gasteiger partial charge on any atom is 0.271 e. The summed E-state index contributed by atoms with van der Waals surface area (Å²) < 4.78 is 5.04. The molecule has 1 amide bonds. The van der Waals surface area contributed by atoms with Crippen LogP contribution >= 0.6 is 11.6 Å². The van der Waals surface area contributed by atoms with E-state index in [4.69, 9.17) is 16.3 Å². The lowest BCUT2D eigenvalue weighted by atomic mass is 10.1. The van der Waals surface area contributed by atoms with E-state index in [9.17, 15) is 4.79 Å². The van der Waals surface area contributed by atoms with Crippen molar-refractivity contribution < 1.29 is 9.53 Å². The highest BCUT2D eigenvalue weighted by Crippen LogP contribution is 2.12. The second-order valence-corrected chi connectivity index (χ2v) is 4.81. The van der Waals surface area contributed by atoms with E-state index in [2.05, 4.69) is 10.5 Å². The first kappa shape index (κ1) is 15.1. The zero-order chi connectivity index (χ0) is 15.2. The van der Waals surface area contributed by atoms with Gasteiger partial charge in [0, 0.05) is 10.6 Å². The Morgan fingerprint density at radius 3 is 2.19 bits per heavy atom. The van der Waals surface area contributed by atoms with Gasteiger partial charge in [-0.1, -0.05) is 23.7 Å². The Kier molecular flexibility index (Phi) is 4.95. The maximum absolute atomic E-state index is 12.0. The third-order valence-corrected chi connectivity index (χ3v) is 3.19. The van der Waals surface area contributed by atoms with Crippen LogP contribution in [0.15, 0.2) is 53.6 Å². The summed E-state index contributed by atoms with van der Waals surface area (Å²) in [6.07, 6.45) is 0. The minimum atomic E-state index is -0.272. The quantitative estimate of drug-likeness (QED) is 0.694. The summed E-state index contributed by atoms with van der Waals surface area (Å²) in [5.74, 6) is 0.429. The predicted octanol–water partition coefficient (Wildman–Crippen LogP) is 3.50. The summed E-state index contributed by atoms with van der Waals surface area (Å²) >= 11 is 5.83. The normalized spacial score (nSPS) is 11.1. The Morgan fingerprint density at radius 1 is 1.05 bits per heavy atom. The number of hydrogen-bond donors (Lipinski definition) is 1. The Morgan fingerprint density at radius 2 is 1.62 bits per heavy atom. The van der Waals surface area contributed by atoms with Crippen LogP contribution in [0, 0.1) is 0 Å². The number of methoxy groups -OCH3 is 1. The molecule has 0 saturated carbocycles. The number of carbonyl (C=O) groups is 1. The zero-order valence-corrected chi connectivity index (χ0v) is 12.5. The Hall–Kier alpha value is -2.33. The summed E-state index contributed by atoms with van der Waals surface area (Å²) in [4.78, 5) is 12.0. The minimum Gasteiger partial charge on any atom is -0.497 e. The van der Waals surface area contributed by atoms with E-state index in [1.54, 1.807) is 43.5 Å². The van der Waals surface area contributed by atoms with Crippen LogP contribution in [0.5, 0.6) is 5.75 Å². The summed E-state index contributed by atoms with van der Waals surface area (Å²) in [5, 5.41) is 4.75. The Balaban J connectivity index is 2.04.